The van der Waals surface area contributed by atoms with E-state index in [-0.39, 0.29) is 13.0 Å². The lowest BCUT2D eigenvalue weighted by atomic mass is 9.99. The highest BCUT2D eigenvalue weighted by atomic mass is 16.7. The first-order chi connectivity index (χ1) is 44.7. The molecular formula is C80H149NO10. The lowest BCUT2D eigenvalue weighted by molar-refractivity contribution is -0.305. The maximum Gasteiger partial charge on any atom is 0.306 e. The number of carbonyl (C=O) groups excluding carboxylic acids is 2. The number of ether oxygens (including phenoxy) is 3. The molecule has 8 unspecified atom stereocenters. The summed E-state index contributed by atoms with van der Waals surface area (Å²) in [6.07, 6.45) is 75.9. The number of rotatable bonds is 69. The molecule has 0 spiro atoms. The molecule has 0 bridgehead atoms. The molecule has 0 saturated carbocycles. The van der Waals surface area contributed by atoms with Gasteiger partial charge in [-0.3, -0.25) is 9.59 Å². The van der Waals surface area contributed by atoms with Gasteiger partial charge in [0.15, 0.2) is 12.4 Å². The zero-order valence-corrected chi connectivity index (χ0v) is 59.7. The number of aliphatic hydroxyl groups excluding tert-OH is 5. The number of esters is 1. The van der Waals surface area contributed by atoms with E-state index in [1.54, 1.807) is 6.08 Å². The van der Waals surface area contributed by atoms with Gasteiger partial charge in [0.05, 0.1) is 25.4 Å². The fourth-order valence-corrected chi connectivity index (χ4v) is 12.5. The standard InChI is InChI=1S/C80H149NO10/c1-4-7-10-13-16-19-22-25-27-29-31-33-35-37-39-41-43-45-47-50-53-56-59-62-65-68-75(85)91-78-77(87)76(86)74(69-82)90-80(78)89-70-71(72(83)66-63-60-57-54-51-48-24-21-18-15-12-9-6-3)81-79(88)73(84)67-64-61-58-55-52-49-46-44-42-40-38-36-34-32-30-28-26-23-20-17-14-11-8-5-2/h17,20,25-28,63,66,71-74,76-78,80,82-84,86-87H,4-16,18-19,21-24,29-62,64-65,67-70H2,1-3H3,(H,81,88)/b20-17-,27-25+,28-26-,66-63+. The molecule has 0 aromatic heterocycles. The lowest BCUT2D eigenvalue weighted by Crippen LogP contribution is -2.61. The van der Waals surface area contributed by atoms with Crippen LogP contribution >= 0.6 is 0 Å². The Bertz CT molecular complexity index is 1670. The van der Waals surface area contributed by atoms with Crippen LogP contribution in [0.2, 0.25) is 0 Å². The van der Waals surface area contributed by atoms with E-state index in [2.05, 4.69) is 62.5 Å². The van der Waals surface area contributed by atoms with Crippen molar-refractivity contribution >= 4 is 11.9 Å². The highest BCUT2D eigenvalue weighted by Crippen LogP contribution is 2.27. The molecule has 1 aliphatic heterocycles. The van der Waals surface area contributed by atoms with Gasteiger partial charge >= 0.3 is 5.97 Å². The van der Waals surface area contributed by atoms with E-state index in [9.17, 15) is 35.1 Å². The minimum Gasteiger partial charge on any atom is -0.454 e. The van der Waals surface area contributed by atoms with Crippen LogP contribution in [0, 0.1) is 0 Å². The fraction of sp³-hybridized carbons (Fsp3) is 0.875. The Morgan fingerprint density at radius 1 is 0.429 bits per heavy atom. The van der Waals surface area contributed by atoms with E-state index in [1.165, 1.54) is 276 Å². The monoisotopic (exact) mass is 1280 g/mol. The number of nitrogens with one attached hydrogen (secondary N) is 1. The first-order valence-corrected chi connectivity index (χ1v) is 39.4. The molecule has 1 fully saturated rings. The summed E-state index contributed by atoms with van der Waals surface area (Å²) in [7, 11) is 0. The molecule has 11 nitrogen and oxygen atoms in total. The highest BCUT2D eigenvalue weighted by molar-refractivity contribution is 5.80. The van der Waals surface area contributed by atoms with Crippen LogP contribution in [0.15, 0.2) is 48.6 Å². The fourth-order valence-electron chi connectivity index (χ4n) is 12.5. The van der Waals surface area contributed by atoms with Gasteiger partial charge in [0, 0.05) is 6.42 Å². The molecule has 8 atom stereocenters. The van der Waals surface area contributed by atoms with Crippen molar-refractivity contribution in [3.05, 3.63) is 48.6 Å². The molecule has 0 aliphatic carbocycles. The molecule has 6 N–H and O–H groups in total. The van der Waals surface area contributed by atoms with Crippen LogP contribution in [0.4, 0.5) is 0 Å². The summed E-state index contributed by atoms with van der Waals surface area (Å²) in [5.74, 6) is -1.18. The summed E-state index contributed by atoms with van der Waals surface area (Å²) in [5.41, 5.74) is 0. The Morgan fingerprint density at radius 2 is 0.758 bits per heavy atom. The van der Waals surface area contributed by atoms with Crippen molar-refractivity contribution in [1.82, 2.24) is 5.32 Å². The third-order valence-corrected chi connectivity index (χ3v) is 18.7. The molecule has 0 radical (unpaired) electrons. The molecule has 11 heteroatoms. The van der Waals surface area contributed by atoms with Crippen LogP contribution in [-0.4, -0.2) is 99.6 Å². The minimum atomic E-state index is -1.61. The van der Waals surface area contributed by atoms with Crippen molar-refractivity contribution in [3.63, 3.8) is 0 Å². The number of hydrogen-bond acceptors (Lipinski definition) is 10. The summed E-state index contributed by atoms with van der Waals surface area (Å²) < 4.78 is 17.8. The SMILES string of the molecule is CCCCC/C=C\C/C=C\CCCCCCCCCCCCCCCCC(O)C(=O)NC(COC1OC(CO)C(O)C(O)C1OC(=O)CCCCCCCCCCCCCCCCC/C=C/CCCCCCCC)C(O)/C=C/CCCCCCCCCCCCC. The number of allylic oxidation sites excluding steroid dienone is 7. The van der Waals surface area contributed by atoms with Crippen LogP contribution in [-0.2, 0) is 23.8 Å². The predicted octanol–water partition coefficient (Wildman–Crippen LogP) is 21.1. The van der Waals surface area contributed by atoms with Gasteiger partial charge in [0.1, 0.15) is 24.4 Å². The van der Waals surface area contributed by atoms with E-state index in [0.717, 1.165) is 64.2 Å². The number of carbonyl (C=O) groups is 2. The molecule has 0 aromatic rings. The second-order valence-electron chi connectivity index (χ2n) is 27.4. The largest absolute Gasteiger partial charge is 0.454 e. The van der Waals surface area contributed by atoms with Gasteiger partial charge in [-0.2, -0.15) is 0 Å². The van der Waals surface area contributed by atoms with Crippen molar-refractivity contribution in [2.45, 2.75) is 436 Å². The third kappa shape index (κ3) is 54.4. The lowest BCUT2D eigenvalue weighted by Gasteiger charge is -2.41. The Kier molecular flexibility index (Phi) is 64.3. The summed E-state index contributed by atoms with van der Waals surface area (Å²) >= 11 is 0. The highest BCUT2D eigenvalue weighted by Gasteiger charge is 2.47. The Morgan fingerprint density at radius 3 is 1.15 bits per heavy atom. The number of unbranched alkanes of at least 4 members (excludes halogenated alkanes) is 49. The van der Waals surface area contributed by atoms with Crippen LogP contribution in [0.5, 0.6) is 0 Å². The zero-order chi connectivity index (χ0) is 66.0. The summed E-state index contributed by atoms with van der Waals surface area (Å²) in [6.45, 7) is 5.83. The van der Waals surface area contributed by atoms with E-state index in [1.807, 2.05) is 6.08 Å². The number of hydrogen-bond donors (Lipinski definition) is 6. The minimum absolute atomic E-state index is 0.127. The van der Waals surface area contributed by atoms with E-state index >= 15 is 0 Å². The first kappa shape index (κ1) is 86.6. The molecule has 91 heavy (non-hydrogen) atoms. The van der Waals surface area contributed by atoms with Gasteiger partial charge in [0.25, 0.3) is 0 Å². The van der Waals surface area contributed by atoms with Gasteiger partial charge in [-0.15, -0.1) is 0 Å². The smallest absolute Gasteiger partial charge is 0.306 e. The second-order valence-corrected chi connectivity index (χ2v) is 27.4. The maximum absolute atomic E-state index is 13.5. The van der Waals surface area contributed by atoms with Gasteiger partial charge in [-0.25, -0.2) is 0 Å². The van der Waals surface area contributed by atoms with Crippen molar-refractivity contribution in [2.75, 3.05) is 13.2 Å². The molecule has 1 rings (SSSR count). The maximum atomic E-state index is 13.5. The van der Waals surface area contributed by atoms with Gasteiger partial charge in [-0.05, 0) is 83.5 Å². The van der Waals surface area contributed by atoms with Crippen molar-refractivity contribution in [3.8, 4) is 0 Å². The van der Waals surface area contributed by atoms with Gasteiger partial charge in [0.2, 0.25) is 5.91 Å². The van der Waals surface area contributed by atoms with Crippen LogP contribution < -0.4 is 5.32 Å². The topological polar surface area (TPSA) is 175 Å². The summed E-state index contributed by atoms with van der Waals surface area (Å²) in [5, 5.41) is 57.4. The Hall–Kier alpha value is -2.38. The second kappa shape index (κ2) is 67.6. The molecule has 534 valence electrons. The Balaban J connectivity index is 2.51. The van der Waals surface area contributed by atoms with Crippen LogP contribution in [0.1, 0.15) is 387 Å². The zero-order valence-electron chi connectivity index (χ0n) is 59.7. The third-order valence-electron chi connectivity index (χ3n) is 18.7. The molecule has 0 aromatic carbocycles. The molecule has 1 heterocycles. The number of amides is 1. The van der Waals surface area contributed by atoms with Gasteiger partial charge < -0.3 is 45.1 Å². The molecular weight excluding hydrogens is 1130 g/mol. The Labute approximate surface area is 561 Å². The van der Waals surface area contributed by atoms with Crippen molar-refractivity contribution in [1.29, 1.82) is 0 Å². The quantitative estimate of drug-likeness (QED) is 0.0195. The average Bonchev–Trinajstić information content (AvgIpc) is 1.00. The molecule has 1 saturated heterocycles. The number of aliphatic hydroxyl groups is 5. The predicted molar refractivity (Wildman–Crippen MR) is 384 cm³/mol. The normalized spacial score (nSPS) is 18.2. The average molecular weight is 1290 g/mol. The van der Waals surface area contributed by atoms with E-state index in [0.29, 0.717) is 19.3 Å². The van der Waals surface area contributed by atoms with Crippen LogP contribution in [0.25, 0.3) is 0 Å². The van der Waals surface area contributed by atoms with Crippen molar-refractivity contribution in [2.24, 2.45) is 0 Å². The van der Waals surface area contributed by atoms with Crippen LogP contribution in [0.3, 0.4) is 0 Å². The summed E-state index contributed by atoms with van der Waals surface area (Å²) in [6, 6.07) is -1.02. The van der Waals surface area contributed by atoms with E-state index in [4.69, 9.17) is 14.2 Å². The first-order valence-electron chi connectivity index (χ1n) is 39.4. The summed E-state index contributed by atoms with van der Waals surface area (Å²) in [4.78, 5) is 26.8. The molecule has 1 aliphatic rings. The van der Waals surface area contributed by atoms with Gasteiger partial charge in [-0.1, -0.05) is 345 Å². The van der Waals surface area contributed by atoms with Crippen molar-refractivity contribution < 1.29 is 49.3 Å². The van der Waals surface area contributed by atoms with E-state index < -0.39 is 67.4 Å². The molecule has 1 amide bonds.